The van der Waals surface area contributed by atoms with Crippen molar-refractivity contribution in [2.24, 2.45) is 11.3 Å². The summed E-state index contributed by atoms with van der Waals surface area (Å²) in [6, 6.07) is 6.08. The minimum absolute atomic E-state index is 0.217. The molecular formula is C29H37N3O4. The number of likely N-dealkylation sites (N-methyl/N-ethyl adjacent to an activating group) is 1. The zero-order chi connectivity index (χ0) is 25.6. The minimum Gasteiger partial charge on any atom is -0.388 e. The molecule has 7 atom stereocenters. The van der Waals surface area contributed by atoms with Gasteiger partial charge in [-0.15, -0.1) is 0 Å². The van der Waals surface area contributed by atoms with Gasteiger partial charge in [-0.05, 0) is 87.4 Å². The molecule has 7 nitrogen and oxygen atoms in total. The Hall–Kier alpha value is -2.29. The molecule has 0 aliphatic heterocycles. The van der Waals surface area contributed by atoms with Crippen molar-refractivity contribution in [3.63, 3.8) is 0 Å². The number of benzene rings is 1. The van der Waals surface area contributed by atoms with Crippen molar-refractivity contribution in [2.75, 3.05) is 14.1 Å². The van der Waals surface area contributed by atoms with E-state index in [2.05, 4.69) is 41.4 Å². The number of rotatable bonds is 2. The van der Waals surface area contributed by atoms with Gasteiger partial charge < -0.3 is 25.3 Å². The Morgan fingerprint density at radius 1 is 1.14 bits per heavy atom. The normalized spacial score (nSPS) is 38.4. The van der Waals surface area contributed by atoms with Gasteiger partial charge in [0.05, 0.1) is 23.3 Å². The molecule has 5 N–H and O–H groups in total. The van der Waals surface area contributed by atoms with E-state index in [-0.39, 0.29) is 17.4 Å². The third kappa shape index (κ3) is 3.33. The van der Waals surface area contributed by atoms with Crippen LogP contribution in [-0.2, 0) is 0 Å². The second kappa shape index (κ2) is 8.10. The maximum atomic E-state index is 11.8. The lowest BCUT2D eigenvalue weighted by molar-refractivity contribution is -0.0922. The van der Waals surface area contributed by atoms with Crippen molar-refractivity contribution in [3.05, 3.63) is 58.3 Å². The number of hydrogen-bond donors (Lipinski definition) is 5. The van der Waals surface area contributed by atoms with E-state index in [1.807, 2.05) is 32.0 Å². The lowest BCUT2D eigenvalue weighted by atomic mass is 9.61. The van der Waals surface area contributed by atoms with Crippen LogP contribution >= 0.6 is 0 Å². The number of aliphatic hydroxyl groups is 4. The average molecular weight is 492 g/mol. The number of aromatic amines is 1. The lowest BCUT2D eigenvalue weighted by Gasteiger charge is -2.46. The fourth-order valence-electron chi connectivity index (χ4n) is 7.61. The summed E-state index contributed by atoms with van der Waals surface area (Å²) in [5, 5.41) is 53.7. The Labute approximate surface area is 211 Å². The summed E-state index contributed by atoms with van der Waals surface area (Å²) < 4.78 is 0. The van der Waals surface area contributed by atoms with Gasteiger partial charge in [0.1, 0.15) is 6.10 Å². The predicted molar refractivity (Wildman–Crippen MR) is 139 cm³/mol. The topological polar surface area (TPSA) is 113 Å². The highest BCUT2D eigenvalue weighted by molar-refractivity contribution is 5.86. The van der Waals surface area contributed by atoms with Gasteiger partial charge in [0, 0.05) is 22.5 Å². The van der Waals surface area contributed by atoms with Crippen LogP contribution in [-0.4, -0.2) is 79.6 Å². The van der Waals surface area contributed by atoms with E-state index < -0.39 is 23.9 Å². The Bertz CT molecular complexity index is 1320. The van der Waals surface area contributed by atoms with Crippen molar-refractivity contribution < 1.29 is 20.4 Å². The first-order valence-electron chi connectivity index (χ1n) is 13.1. The monoisotopic (exact) mass is 491 g/mol. The van der Waals surface area contributed by atoms with Gasteiger partial charge in [-0.1, -0.05) is 36.8 Å². The van der Waals surface area contributed by atoms with Crippen LogP contribution in [0.2, 0.25) is 0 Å². The number of nitrogens with one attached hydrogen (secondary N) is 1. The van der Waals surface area contributed by atoms with Gasteiger partial charge >= 0.3 is 0 Å². The van der Waals surface area contributed by atoms with Crippen molar-refractivity contribution in [3.8, 4) is 0 Å². The maximum Gasteiger partial charge on any atom is 0.105 e. The van der Waals surface area contributed by atoms with Crippen LogP contribution < -0.4 is 0 Å². The molecule has 0 radical (unpaired) electrons. The Morgan fingerprint density at radius 2 is 1.92 bits per heavy atom. The largest absolute Gasteiger partial charge is 0.388 e. The number of aryl methyl sites for hydroxylation is 1. The molecule has 4 aliphatic rings. The summed E-state index contributed by atoms with van der Waals surface area (Å²) in [4.78, 5) is 1.87. The summed E-state index contributed by atoms with van der Waals surface area (Å²) >= 11 is 0. The molecule has 1 fully saturated rings. The number of allylic oxidation sites excluding steroid dienone is 3. The predicted octanol–water partition coefficient (Wildman–Crippen LogP) is 2.85. The number of nitrogens with zero attached hydrogens (tertiary/aromatic N) is 2. The molecule has 7 heteroatoms. The summed E-state index contributed by atoms with van der Waals surface area (Å²) in [6.07, 6.45) is 4.22. The molecule has 0 saturated heterocycles. The van der Waals surface area contributed by atoms with E-state index in [1.165, 1.54) is 11.1 Å². The van der Waals surface area contributed by atoms with Crippen LogP contribution in [0, 0.1) is 18.3 Å². The summed E-state index contributed by atoms with van der Waals surface area (Å²) in [7, 11) is 3.72. The highest BCUT2D eigenvalue weighted by Gasteiger charge is 2.53. The molecule has 36 heavy (non-hydrogen) atoms. The number of fused-ring (bicyclic) bond motifs is 4. The molecular weight excluding hydrogens is 454 g/mol. The van der Waals surface area contributed by atoms with E-state index in [0.717, 1.165) is 34.2 Å². The Kier molecular flexibility index (Phi) is 5.42. The van der Waals surface area contributed by atoms with Crippen LogP contribution in [0.1, 0.15) is 50.3 Å². The van der Waals surface area contributed by atoms with E-state index in [9.17, 15) is 20.4 Å². The maximum absolute atomic E-state index is 11.8. The first-order valence-corrected chi connectivity index (χ1v) is 13.1. The highest BCUT2D eigenvalue weighted by Crippen LogP contribution is 2.60. The summed E-state index contributed by atoms with van der Waals surface area (Å²) in [5.74, 6) is 0.217. The quantitative estimate of drug-likeness (QED) is 0.442. The fraction of sp³-hybridized carbons (Fsp3) is 0.552. The minimum atomic E-state index is -1.21. The number of H-pyrrole nitrogens is 1. The molecule has 0 amide bonds. The second-order valence-corrected chi connectivity index (χ2v) is 11.9. The molecule has 7 unspecified atom stereocenters. The second-order valence-electron chi connectivity index (χ2n) is 11.9. The van der Waals surface area contributed by atoms with E-state index in [0.29, 0.717) is 31.3 Å². The van der Waals surface area contributed by atoms with Crippen LogP contribution in [0.4, 0.5) is 0 Å². The zero-order valence-electron chi connectivity index (χ0n) is 21.5. The number of aliphatic hydroxyl groups excluding tert-OH is 3. The van der Waals surface area contributed by atoms with Gasteiger partial charge in [0.25, 0.3) is 0 Å². The first-order chi connectivity index (χ1) is 17.0. The SMILES string of the molecule is Cc1[nH]nc2cc(C3=CCC4C5=C(C=C6C(O)C(O)C(N(C)C)CC6(O)CC5)C(O)CC34C)ccc12. The van der Waals surface area contributed by atoms with Crippen molar-refractivity contribution in [2.45, 2.75) is 75.9 Å². The number of aromatic nitrogens is 2. The molecule has 2 aromatic rings. The summed E-state index contributed by atoms with van der Waals surface area (Å²) in [6.45, 7) is 4.28. The Morgan fingerprint density at radius 3 is 2.67 bits per heavy atom. The third-order valence-electron chi connectivity index (χ3n) is 9.67. The van der Waals surface area contributed by atoms with Gasteiger partial charge in [-0.2, -0.15) is 5.10 Å². The third-order valence-corrected chi connectivity index (χ3v) is 9.67. The van der Waals surface area contributed by atoms with Crippen molar-refractivity contribution in [1.82, 2.24) is 15.1 Å². The fourth-order valence-corrected chi connectivity index (χ4v) is 7.61. The molecule has 1 heterocycles. The molecule has 0 spiro atoms. The number of hydrogen-bond acceptors (Lipinski definition) is 6. The zero-order valence-corrected chi connectivity index (χ0v) is 21.5. The molecule has 192 valence electrons. The molecule has 1 aromatic carbocycles. The smallest absolute Gasteiger partial charge is 0.105 e. The Balaban J connectivity index is 1.37. The van der Waals surface area contributed by atoms with Crippen molar-refractivity contribution >= 4 is 16.5 Å². The molecule has 0 bridgehead atoms. The highest BCUT2D eigenvalue weighted by atomic mass is 16.3. The van der Waals surface area contributed by atoms with Crippen LogP contribution in [0.3, 0.4) is 0 Å². The van der Waals surface area contributed by atoms with Crippen LogP contribution in [0.5, 0.6) is 0 Å². The van der Waals surface area contributed by atoms with Gasteiger partial charge in [-0.25, -0.2) is 0 Å². The molecule has 1 aromatic heterocycles. The molecule has 6 rings (SSSR count). The summed E-state index contributed by atoms with van der Waals surface area (Å²) in [5.41, 5.74) is 5.40. The van der Waals surface area contributed by atoms with E-state index in [1.54, 1.807) is 0 Å². The van der Waals surface area contributed by atoms with Crippen molar-refractivity contribution in [1.29, 1.82) is 0 Å². The average Bonchev–Trinajstić information content (AvgIpc) is 3.31. The lowest BCUT2D eigenvalue weighted by Crippen LogP contribution is -2.58. The van der Waals surface area contributed by atoms with E-state index >= 15 is 0 Å². The first kappa shape index (κ1) is 24.1. The van der Waals surface area contributed by atoms with Gasteiger partial charge in [-0.3, -0.25) is 5.10 Å². The molecule has 1 saturated carbocycles. The van der Waals surface area contributed by atoms with Crippen LogP contribution in [0.25, 0.3) is 16.5 Å². The van der Waals surface area contributed by atoms with Gasteiger partial charge in [0.15, 0.2) is 0 Å². The van der Waals surface area contributed by atoms with E-state index in [4.69, 9.17) is 0 Å². The van der Waals surface area contributed by atoms with Crippen LogP contribution in [0.15, 0.2) is 47.1 Å². The molecule has 4 aliphatic carbocycles. The van der Waals surface area contributed by atoms with Gasteiger partial charge in [0.2, 0.25) is 0 Å². The standard InChI is InChI=1S/C29H37N3O4/c1-15-17-6-5-16(11-23(17)31-30-15)20-7-8-21-18-9-10-29(36)13-24(32(3)4)27(35)26(34)22(29)12-19(18)25(33)14-28(20,21)2/h5-7,11-12,21,24-27,33-36H,8-10,13-14H2,1-4H3,(H,30,31).